The SMILES string of the molecule is CC(C)(C)C(=O)/C=C(\O)C(C)(C)C.CC(C)c1nc(-c2[c-]ccc3ccccc23)c2ccc3cccc([Si](C)(C)C)c3c2n1.[Ir]. The van der Waals surface area contributed by atoms with E-state index in [2.05, 4.69) is 100 Å². The summed E-state index contributed by atoms with van der Waals surface area (Å²) >= 11 is 0. The zero-order valence-corrected chi connectivity index (χ0v) is 32.0. The van der Waals surface area contributed by atoms with Gasteiger partial charge in [0.15, 0.2) is 5.78 Å². The molecule has 239 valence electrons. The minimum atomic E-state index is -1.57. The molecule has 4 aromatic carbocycles. The largest absolute Gasteiger partial charge is 0.512 e. The number of rotatable bonds is 4. The summed E-state index contributed by atoms with van der Waals surface area (Å²) in [6.45, 7) is 22.7. The number of aliphatic hydroxyl groups is 1. The molecule has 0 aliphatic rings. The van der Waals surface area contributed by atoms with Crippen molar-refractivity contribution >= 4 is 51.5 Å². The summed E-state index contributed by atoms with van der Waals surface area (Å²) in [5.41, 5.74) is 2.35. The van der Waals surface area contributed by atoms with Gasteiger partial charge in [0, 0.05) is 48.3 Å². The monoisotopic (exact) mass is 796 g/mol. The van der Waals surface area contributed by atoms with E-state index in [-0.39, 0.29) is 43.0 Å². The number of allylic oxidation sites excluding steroid dienone is 2. The number of aliphatic hydroxyl groups excluding tert-OH is 1. The van der Waals surface area contributed by atoms with Crippen LogP contribution in [0.2, 0.25) is 19.6 Å². The van der Waals surface area contributed by atoms with E-state index in [1.807, 2.05) is 47.6 Å². The van der Waals surface area contributed by atoms with E-state index >= 15 is 0 Å². The van der Waals surface area contributed by atoms with Crippen LogP contribution in [0.3, 0.4) is 0 Å². The van der Waals surface area contributed by atoms with Gasteiger partial charge in [-0.05, 0) is 16.5 Å². The average Bonchev–Trinajstić information content (AvgIpc) is 2.94. The van der Waals surface area contributed by atoms with E-state index < -0.39 is 13.5 Å². The normalized spacial score (nSPS) is 12.7. The Labute approximate surface area is 283 Å². The van der Waals surface area contributed by atoms with Gasteiger partial charge in [0.25, 0.3) is 0 Å². The quantitative estimate of drug-likeness (QED) is 0.0647. The van der Waals surface area contributed by atoms with Crippen LogP contribution < -0.4 is 5.19 Å². The summed E-state index contributed by atoms with van der Waals surface area (Å²) in [6.07, 6.45) is 1.33. The Morgan fingerprint density at radius 1 is 0.822 bits per heavy atom. The molecule has 0 saturated heterocycles. The van der Waals surface area contributed by atoms with Crippen molar-refractivity contribution in [2.24, 2.45) is 10.8 Å². The van der Waals surface area contributed by atoms with Crippen LogP contribution in [0.5, 0.6) is 0 Å². The second-order valence-electron chi connectivity index (χ2n) is 15.0. The van der Waals surface area contributed by atoms with E-state index in [0.29, 0.717) is 0 Å². The van der Waals surface area contributed by atoms with Gasteiger partial charge >= 0.3 is 0 Å². The van der Waals surface area contributed by atoms with Gasteiger partial charge in [-0.3, -0.25) is 9.78 Å². The topological polar surface area (TPSA) is 63.1 Å². The van der Waals surface area contributed by atoms with Crippen molar-refractivity contribution < 1.29 is 30.0 Å². The number of aromatic nitrogens is 2. The number of ketones is 1. The van der Waals surface area contributed by atoms with E-state index in [4.69, 9.17) is 9.97 Å². The maximum atomic E-state index is 11.5. The minimum absolute atomic E-state index is 0. The number of carbonyl (C=O) groups is 1. The molecule has 0 unspecified atom stereocenters. The van der Waals surface area contributed by atoms with Gasteiger partial charge in [-0.1, -0.05) is 140 Å². The first kappa shape index (κ1) is 36.3. The first-order chi connectivity index (χ1) is 20.4. The second-order valence-corrected chi connectivity index (χ2v) is 20.1. The number of fused-ring (bicyclic) bond motifs is 4. The van der Waals surface area contributed by atoms with Crippen LogP contribution >= 0.6 is 0 Å². The predicted molar refractivity (Wildman–Crippen MR) is 191 cm³/mol. The molecule has 0 spiro atoms. The Hall–Kier alpha value is -3.18. The van der Waals surface area contributed by atoms with Gasteiger partial charge in [-0.15, -0.1) is 29.1 Å². The molecule has 0 amide bonds. The molecule has 0 saturated carbocycles. The first-order valence-corrected chi connectivity index (χ1v) is 19.0. The van der Waals surface area contributed by atoms with Crippen LogP contribution in [-0.2, 0) is 24.9 Å². The molecule has 1 heterocycles. The maximum absolute atomic E-state index is 11.5. The molecule has 1 aromatic heterocycles. The number of benzene rings is 4. The Morgan fingerprint density at radius 3 is 2.07 bits per heavy atom. The summed E-state index contributed by atoms with van der Waals surface area (Å²) in [4.78, 5) is 21.7. The van der Waals surface area contributed by atoms with Crippen molar-refractivity contribution in [3.63, 3.8) is 0 Å². The average molecular weight is 796 g/mol. The number of carbonyl (C=O) groups excluding carboxylic acids is 1. The zero-order chi connectivity index (χ0) is 32.6. The van der Waals surface area contributed by atoms with Crippen molar-refractivity contribution in [1.82, 2.24) is 9.97 Å². The molecule has 0 aliphatic heterocycles. The summed E-state index contributed by atoms with van der Waals surface area (Å²) in [6, 6.07) is 27.2. The summed E-state index contributed by atoms with van der Waals surface area (Å²) in [5.74, 6) is 1.24. The molecule has 6 heteroatoms. The number of nitrogens with zero attached hydrogens (tertiary/aromatic N) is 2. The van der Waals surface area contributed by atoms with Crippen LogP contribution in [0.15, 0.2) is 78.6 Å². The predicted octanol–water partition coefficient (Wildman–Crippen LogP) is 10.2. The molecule has 1 N–H and O–H groups in total. The number of hydrogen-bond acceptors (Lipinski definition) is 4. The Kier molecular flexibility index (Phi) is 11.0. The molecule has 5 rings (SSSR count). The maximum Gasteiger partial charge on any atom is 0.164 e. The molecular weight excluding hydrogens is 749 g/mol. The van der Waals surface area contributed by atoms with Crippen molar-refractivity contribution in [3.05, 3.63) is 90.5 Å². The smallest absolute Gasteiger partial charge is 0.164 e. The van der Waals surface area contributed by atoms with Gasteiger partial charge in [-0.25, -0.2) is 4.98 Å². The molecule has 0 bridgehead atoms. The van der Waals surface area contributed by atoms with Gasteiger partial charge in [-0.2, -0.15) is 0 Å². The van der Waals surface area contributed by atoms with E-state index in [1.54, 1.807) is 0 Å². The third-order valence-electron chi connectivity index (χ3n) is 7.78. The first-order valence-electron chi connectivity index (χ1n) is 15.5. The minimum Gasteiger partial charge on any atom is -0.512 e. The van der Waals surface area contributed by atoms with Crippen LogP contribution in [0.4, 0.5) is 0 Å². The van der Waals surface area contributed by atoms with Gasteiger partial charge in [0.2, 0.25) is 0 Å². The molecule has 0 fully saturated rings. The number of hydrogen-bond donors (Lipinski definition) is 1. The molecule has 45 heavy (non-hydrogen) atoms. The zero-order valence-electron chi connectivity index (χ0n) is 28.6. The van der Waals surface area contributed by atoms with Gasteiger partial charge in [0.05, 0.1) is 13.6 Å². The summed E-state index contributed by atoms with van der Waals surface area (Å²) in [5, 5.41) is 17.1. The van der Waals surface area contributed by atoms with Crippen molar-refractivity contribution in [2.45, 2.75) is 80.9 Å². The van der Waals surface area contributed by atoms with Crippen molar-refractivity contribution in [2.75, 3.05) is 0 Å². The molecular formula is C39H47IrN2O2Si-. The Bertz CT molecular complexity index is 1870. The molecule has 5 aromatic rings. The van der Waals surface area contributed by atoms with Crippen molar-refractivity contribution in [1.29, 1.82) is 0 Å². The molecule has 0 aliphatic carbocycles. The molecule has 0 atom stereocenters. The van der Waals surface area contributed by atoms with Gasteiger partial charge in [0.1, 0.15) is 11.6 Å². The third kappa shape index (κ3) is 8.16. The van der Waals surface area contributed by atoms with E-state index in [9.17, 15) is 9.90 Å². The van der Waals surface area contributed by atoms with E-state index in [1.165, 1.54) is 32.8 Å². The second kappa shape index (κ2) is 13.7. The summed E-state index contributed by atoms with van der Waals surface area (Å²) < 4.78 is 0. The van der Waals surface area contributed by atoms with Crippen molar-refractivity contribution in [3.8, 4) is 11.3 Å². The fourth-order valence-electron chi connectivity index (χ4n) is 4.97. The fraction of sp³-hybridized carbons (Fsp3) is 0.359. The Morgan fingerprint density at radius 2 is 1.47 bits per heavy atom. The Balaban J connectivity index is 0.000000338. The van der Waals surface area contributed by atoms with Crippen LogP contribution in [-0.4, -0.2) is 28.9 Å². The third-order valence-corrected chi connectivity index (χ3v) is 9.82. The fourth-order valence-corrected chi connectivity index (χ4v) is 6.58. The summed E-state index contributed by atoms with van der Waals surface area (Å²) in [7, 11) is -1.57. The van der Waals surface area contributed by atoms with Crippen LogP contribution in [0.25, 0.3) is 43.7 Å². The van der Waals surface area contributed by atoms with Crippen LogP contribution in [0.1, 0.15) is 67.1 Å². The van der Waals surface area contributed by atoms with Gasteiger partial charge < -0.3 is 5.11 Å². The van der Waals surface area contributed by atoms with Crippen LogP contribution in [0, 0.1) is 16.9 Å². The molecule has 4 nitrogen and oxygen atoms in total. The molecule has 1 radical (unpaired) electrons. The van der Waals surface area contributed by atoms with E-state index in [0.717, 1.165) is 28.0 Å². The standard InChI is InChI=1S/C28H27N2Si.C11H20O2.Ir/c1-18(2)28-29-26(22-14-8-11-19-10-6-7-13-21(19)22)23-17-16-20-12-9-15-24(31(3,4)5)25(20)27(23)30-28;1-10(2,3)8(12)7-9(13)11(4,5)6;/h6-13,15-18H,1-5H3;7,12H,1-6H3;/q-1;;/b;8-7-;.